The first-order chi connectivity index (χ1) is 8.26. The van der Waals surface area contributed by atoms with Gasteiger partial charge in [-0.2, -0.15) is 0 Å². The third-order valence-corrected chi connectivity index (χ3v) is 4.42. The van der Waals surface area contributed by atoms with Gasteiger partial charge in [0.15, 0.2) is 0 Å². The highest BCUT2D eigenvalue weighted by molar-refractivity contribution is 4.90. The van der Waals surface area contributed by atoms with Crippen molar-refractivity contribution in [1.82, 2.24) is 9.80 Å². The zero-order chi connectivity index (χ0) is 12.3. The summed E-state index contributed by atoms with van der Waals surface area (Å²) in [7, 11) is 1.78. The molecule has 0 aliphatic carbocycles. The van der Waals surface area contributed by atoms with E-state index >= 15 is 0 Å². The van der Waals surface area contributed by atoms with Gasteiger partial charge in [-0.3, -0.25) is 9.80 Å². The van der Waals surface area contributed by atoms with Gasteiger partial charge < -0.3 is 10.5 Å². The van der Waals surface area contributed by atoms with Crippen LogP contribution in [-0.4, -0.2) is 68.3 Å². The predicted octanol–water partition coefficient (Wildman–Crippen LogP) is 0.376. The van der Waals surface area contributed by atoms with Crippen molar-refractivity contribution in [3.63, 3.8) is 0 Å². The molecule has 17 heavy (non-hydrogen) atoms. The van der Waals surface area contributed by atoms with Crippen LogP contribution in [-0.2, 0) is 4.74 Å². The Balaban J connectivity index is 1.91. The Bertz CT molecular complexity index is 237. The van der Waals surface area contributed by atoms with Crippen LogP contribution in [0.3, 0.4) is 0 Å². The maximum atomic E-state index is 5.96. The van der Waals surface area contributed by atoms with Crippen LogP contribution in [0.4, 0.5) is 0 Å². The van der Waals surface area contributed by atoms with Crippen molar-refractivity contribution in [2.45, 2.75) is 31.8 Å². The number of hydrogen-bond donors (Lipinski definition) is 1. The van der Waals surface area contributed by atoms with Crippen LogP contribution in [0.25, 0.3) is 0 Å². The molecule has 3 unspecified atom stereocenters. The van der Waals surface area contributed by atoms with E-state index in [1.54, 1.807) is 7.11 Å². The van der Waals surface area contributed by atoms with E-state index in [9.17, 15) is 0 Å². The van der Waals surface area contributed by atoms with E-state index in [0.29, 0.717) is 12.0 Å². The van der Waals surface area contributed by atoms with E-state index in [1.807, 2.05) is 0 Å². The Hall–Kier alpha value is -0.160. The number of nitrogens with zero attached hydrogens (tertiary/aromatic N) is 2. The van der Waals surface area contributed by atoms with Crippen LogP contribution >= 0.6 is 0 Å². The number of hydrogen-bond acceptors (Lipinski definition) is 4. The van der Waals surface area contributed by atoms with Gasteiger partial charge in [-0.25, -0.2) is 0 Å². The molecule has 0 aromatic heterocycles. The van der Waals surface area contributed by atoms with Crippen molar-refractivity contribution in [1.29, 1.82) is 0 Å². The van der Waals surface area contributed by atoms with Crippen molar-refractivity contribution in [2.75, 3.05) is 46.4 Å². The quantitative estimate of drug-likeness (QED) is 0.755. The van der Waals surface area contributed by atoms with Crippen molar-refractivity contribution in [2.24, 2.45) is 11.7 Å². The van der Waals surface area contributed by atoms with E-state index in [1.165, 1.54) is 39.0 Å². The smallest absolute Gasteiger partial charge is 0.0503 e. The lowest BCUT2D eigenvalue weighted by atomic mass is 9.99. The lowest BCUT2D eigenvalue weighted by molar-refractivity contribution is 0.0334. The summed E-state index contributed by atoms with van der Waals surface area (Å²) < 4.78 is 5.27. The monoisotopic (exact) mass is 241 g/mol. The minimum absolute atomic E-state index is 0.484. The molecule has 0 saturated carbocycles. The molecule has 4 nitrogen and oxygen atoms in total. The Kier molecular flexibility index (Phi) is 4.79. The maximum Gasteiger partial charge on any atom is 0.0503 e. The molecule has 100 valence electrons. The molecule has 2 heterocycles. The van der Waals surface area contributed by atoms with E-state index in [0.717, 1.165) is 19.2 Å². The average Bonchev–Trinajstić information content (AvgIpc) is 2.77. The SMILES string of the molecule is COCC(C)C(CN)N1CCN2CCCC2C1. The summed E-state index contributed by atoms with van der Waals surface area (Å²) in [6, 6.07) is 1.27. The van der Waals surface area contributed by atoms with Crippen LogP contribution < -0.4 is 5.73 Å². The standard InChI is InChI=1S/C13H27N3O/c1-11(10-17-2)13(8-14)16-7-6-15-5-3-4-12(15)9-16/h11-13H,3-10,14H2,1-2H3. The molecule has 0 aromatic carbocycles. The third kappa shape index (κ3) is 2.99. The molecule has 2 saturated heterocycles. The van der Waals surface area contributed by atoms with Gasteiger partial charge in [-0.05, 0) is 25.3 Å². The fourth-order valence-corrected chi connectivity index (χ4v) is 3.43. The summed E-state index contributed by atoms with van der Waals surface area (Å²) in [5.41, 5.74) is 5.96. The third-order valence-electron chi connectivity index (χ3n) is 4.42. The highest BCUT2D eigenvalue weighted by atomic mass is 16.5. The van der Waals surface area contributed by atoms with Gasteiger partial charge in [0.25, 0.3) is 0 Å². The fourth-order valence-electron chi connectivity index (χ4n) is 3.43. The first kappa shape index (κ1) is 13.3. The fraction of sp³-hybridized carbons (Fsp3) is 1.00. The van der Waals surface area contributed by atoms with E-state index in [4.69, 9.17) is 10.5 Å². The molecular formula is C13H27N3O. The predicted molar refractivity (Wildman–Crippen MR) is 70.1 cm³/mol. The van der Waals surface area contributed by atoms with Gasteiger partial charge in [-0.15, -0.1) is 0 Å². The molecule has 2 rings (SSSR count). The number of methoxy groups -OCH3 is 1. The van der Waals surface area contributed by atoms with Gasteiger partial charge in [0.05, 0.1) is 6.61 Å². The Morgan fingerprint density at radius 1 is 1.35 bits per heavy atom. The first-order valence-electron chi connectivity index (χ1n) is 6.93. The second kappa shape index (κ2) is 6.14. The number of piperazine rings is 1. The van der Waals surface area contributed by atoms with E-state index < -0.39 is 0 Å². The molecule has 2 aliphatic rings. The van der Waals surface area contributed by atoms with Gasteiger partial charge in [0, 0.05) is 45.4 Å². The normalized spacial score (nSPS) is 30.2. The van der Waals surface area contributed by atoms with Crippen molar-refractivity contribution >= 4 is 0 Å². The van der Waals surface area contributed by atoms with Gasteiger partial charge in [0.1, 0.15) is 0 Å². The van der Waals surface area contributed by atoms with Crippen LogP contribution in [0.15, 0.2) is 0 Å². The number of nitrogens with two attached hydrogens (primary N) is 1. The van der Waals surface area contributed by atoms with Crippen molar-refractivity contribution in [3.05, 3.63) is 0 Å². The van der Waals surface area contributed by atoms with Gasteiger partial charge >= 0.3 is 0 Å². The topological polar surface area (TPSA) is 41.7 Å². The summed E-state index contributed by atoms with van der Waals surface area (Å²) in [6.07, 6.45) is 2.74. The lowest BCUT2D eigenvalue weighted by Gasteiger charge is -2.43. The van der Waals surface area contributed by atoms with Crippen molar-refractivity contribution in [3.8, 4) is 0 Å². The van der Waals surface area contributed by atoms with Gasteiger partial charge in [-0.1, -0.05) is 6.92 Å². The highest BCUT2D eigenvalue weighted by Gasteiger charge is 2.34. The molecule has 4 heteroatoms. The minimum atomic E-state index is 0.484. The zero-order valence-corrected chi connectivity index (χ0v) is 11.3. The van der Waals surface area contributed by atoms with Crippen LogP contribution in [0, 0.1) is 5.92 Å². The van der Waals surface area contributed by atoms with Crippen LogP contribution in [0.1, 0.15) is 19.8 Å². The summed E-state index contributed by atoms with van der Waals surface area (Å²) >= 11 is 0. The summed E-state index contributed by atoms with van der Waals surface area (Å²) in [4.78, 5) is 5.24. The van der Waals surface area contributed by atoms with Crippen LogP contribution in [0.2, 0.25) is 0 Å². The summed E-state index contributed by atoms with van der Waals surface area (Å²) in [6.45, 7) is 8.72. The number of ether oxygens (including phenoxy) is 1. The Labute approximate surface area is 105 Å². The largest absolute Gasteiger partial charge is 0.384 e. The maximum absolute atomic E-state index is 5.96. The zero-order valence-electron chi connectivity index (χ0n) is 11.3. The molecule has 0 bridgehead atoms. The molecule has 3 atom stereocenters. The van der Waals surface area contributed by atoms with Crippen molar-refractivity contribution < 1.29 is 4.74 Å². The van der Waals surface area contributed by atoms with E-state index in [-0.39, 0.29) is 0 Å². The summed E-state index contributed by atoms with van der Waals surface area (Å²) in [5.74, 6) is 0.526. The highest BCUT2D eigenvalue weighted by Crippen LogP contribution is 2.24. The molecule has 0 aromatic rings. The molecular weight excluding hydrogens is 214 g/mol. The molecule has 0 spiro atoms. The minimum Gasteiger partial charge on any atom is -0.384 e. The Morgan fingerprint density at radius 3 is 2.88 bits per heavy atom. The first-order valence-corrected chi connectivity index (χ1v) is 6.93. The molecule has 2 fully saturated rings. The van der Waals surface area contributed by atoms with Crippen LogP contribution in [0.5, 0.6) is 0 Å². The molecule has 0 radical (unpaired) electrons. The van der Waals surface area contributed by atoms with E-state index in [2.05, 4.69) is 16.7 Å². The Morgan fingerprint density at radius 2 is 2.18 bits per heavy atom. The second-order valence-electron chi connectivity index (χ2n) is 5.56. The lowest BCUT2D eigenvalue weighted by Crippen LogP contribution is -2.57. The molecule has 0 amide bonds. The number of fused-ring (bicyclic) bond motifs is 1. The summed E-state index contributed by atoms with van der Waals surface area (Å²) in [5, 5.41) is 0. The second-order valence-corrected chi connectivity index (χ2v) is 5.56. The molecule has 2 N–H and O–H groups in total. The average molecular weight is 241 g/mol. The number of rotatable bonds is 5. The molecule has 2 aliphatic heterocycles. The van der Waals surface area contributed by atoms with Gasteiger partial charge in [0.2, 0.25) is 0 Å².